The average Bonchev–Trinajstić information content (AvgIpc) is 2.45. The van der Waals surface area contributed by atoms with Crippen molar-refractivity contribution < 1.29 is 0 Å². The summed E-state index contributed by atoms with van der Waals surface area (Å²) in [5.74, 6) is 0. The van der Waals surface area contributed by atoms with Gasteiger partial charge in [-0.15, -0.1) is 11.3 Å². The Morgan fingerprint density at radius 1 is 1.40 bits per heavy atom. The summed E-state index contributed by atoms with van der Waals surface area (Å²) in [6, 6.07) is 3.67. The van der Waals surface area contributed by atoms with Gasteiger partial charge in [-0.2, -0.15) is 0 Å². The second-order valence-corrected chi connectivity index (χ2v) is 6.17. The van der Waals surface area contributed by atoms with E-state index in [1.54, 1.807) is 23.6 Å². The molecule has 2 rings (SSSR count). The molecule has 0 bridgehead atoms. The van der Waals surface area contributed by atoms with Crippen molar-refractivity contribution in [3.8, 4) is 0 Å². The fourth-order valence-electron chi connectivity index (χ4n) is 1.62. The lowest BCUT2D eigenvalue weighted by atomic mass is 9.92. The summed E-state index contributed by atoms with van der Waals surface area (Å²) in [5.41, 5.74) is 1.35. The Labute approximate surface area is 93.0 Å². The van der Waals surface area contributed by atoms with Crippen LogP contribution in [-0.4, -0.2) is 4.98 Å². The molecule has 0 radical (unpaired) electrons. The zero-order valence-electron chi connectivity index (χ0n) is 9.26. The Kier molecular flexibility index (Phi) is 2.43. The summed E-state index contributed by atoms with van der Waals surface area (Å²) >= 11 is 1.61. The highest BCUT2D eigenvalue weighted by molar-refractivity contribution is 7.18. The van der Waals surface area contributed by atoms with E-state index in [1.165, 1.54) is 4.88 Å². The SMILES string of the molecule is CC(C)(C)Cc1cc2[nH]ccc(=O)c2s1. The van der Waals surface area contributed by atoms with Gasteiger partial charge in [0, 0.05) is 17.1 Å². The Balaban J connectivity index is 2.48. The lowest BCUT2D eigenvalue weighted by Crippen LogP contribution is -2.07. The van der Waals surface area contributed by atoms with E-state index in [-0.39, 0.29) is 10.8 Å². The molecule has 2 aromatic heterocycles. The number of hydrogen-bond acceptors (Lipinski definition) is 2. The molecule has 0 aliphatic heterocycles. The van der Waals surface area contributed by atoms with Gasteiger partial charge in [0.1, 0.15) is 0 Å². The van der Waals surface area contributed by atoms with Gasteiger partial charge in [0.25, 0.3) is 0 Å². The quantitative estimate of drug-likeness (QED) is 0.788. The molecule has 0 spiro atoms. The molecule has 15 heavy (non-hydrogen) atoms. The van der Waals surface area contributed by atoms with Crippen LogP contribution < -0.4 is 5.43 Å². The summed E-state index contributed by atoms with van der Waals surface area (Å²) in [7, 11) is 0. The molecule has 1 N–H and O–H groups in total. The van der Waals surface area contributed by atoms with Crippen molar-refractivity contribution in [2.24, 2.45) is 5.41 Å². The maximum Gasteiger partial charge on any atom is 0.199 e. The summed E-state index contributed by atoms with van der Waals surface area (Å²) in [6.45, 7) is 6.62. The highest BCUT2D eigenvalue weighted by Gasteiger charge is 2.14. The lowest BCUT2D eigenvalue weighted by molar-refractivity contribution is 0.415. The van der Waals surface area contributed by atoms with Crippen molar-refractivity contribution in [2.45, 2.75) is 27.2 Å². The molecule has 0 aromatic carbocycles. The van der Waals surface area contributed by atoms with Gasteiger partial charge in [0.2, 0.25) is 0 Å². The molecule has 0 saturated heterocycles. The summed E-state index contributed by atoms with van der Waals surface area (Å²) in [6.07, 6.45) is 2.72. The van der Waals surface area contributed by atoms with Crippen molar-refractivity contribution in [3.63, 3.8) is 0 Å². The maximum atomic E-state index is 11.5. The Bertz CT molecular complexity index is 530. The first-order valence-electron chi connectivity index (χ1n) is 5.06. The predicted molar refractivity (Wildman–Crippen MR) is 65.6 cm³/mol. The molecule has 80 valence electrons. The van der Waals surface area contributed by atoms with Crippen molar-refractivity contribution in [3.05, 3.63) is 33.4 Å². The fourth-order valence-corrected chi connectivity index (χ4v) is 2.97. The smallest absolute Gasteiger partial charge is 0.199 e. The van der Waals surface area contributed by atoms with Crippen molar-refractivity contribution in [2.75, 3.05) is 0 Å². The molecule has 0 aliphatic carbocycles. The second-order valence-electron chi connectivity index (χ2n) is 5.03. The van der Waals surface area contributed by atoms with Crippen LogP contribution in [0.3, 0.4) is 0 Å². The van der Waals surface area contributed by atoms with Gasteiger partial charge < -0.3 is 4.98 Å². The summed E-state index contributed by atoms with van der Waals surface area (Å²) < 4.78 is 0.844. The molecular formula is C12H15NOS. The van der Waals surface area contributed by atoms with E-state index in [0.717, 1.165) is 16.6 Å². The van der Waals surface area contributed by atoms with Crippen LogP contribution in [0.5, 0.6) is 0 Å². The third-order valence-electron chi connectivity index (χ3n) is 2.19. The number of aromatic amines is 1. The Hall–Kier alpha value is -1.09. The zero-order chi connectivity index (χ0) is 11.1. The number of rotatable bonds is 1. The normalized spacial score (nSPS) is 12.2. The topological polar surface area (TPSA) is 32.9 Å². The number of H-pyrrole nitrogens is 1. The minimum atomic E-state index is 0.119. The first kappa shape index (κ1) is 10.4. The molecule has 2 nitrogen and oxygen atoms in total. The van der Waals surface area contributed by atoms with Crippen LogP contribution in [0, 0.1) is 5.41 Å². The summed E-state index contributed by atoms with van der Waals surface area (Å²) in [5, 5.41) is 0. The first-order valence-corrected chi connectivity index (χ1v) is 5.87. The van der Waals surface area contributed by atoms with E-state index in [0.29, 0.717) is 0 Å². The van der Waals surface area contributed by atoms with Gasteiger partial charge in [-0.1, -0.05) is 20.8 Å². The van der Waals surface area contributed by atoms with Crippen LogP contribution in [-0.2, 0) is 6.42 Å². The molecule has 0 aliphatic rings. The third kappa shape index (κ3) is 2.29. The number of hydrogen-bond donors (Lipinski definition) is 1. The lowest BCUT2D eigenvalue weighted by Gasteiger charge is -2.15. The molecule has 0 amide bonds. The number of aromatic nitrogens is 1. The van der Waals surface area contributed by atoms with Gasteiger partial charge in [-0.25, -0.2) is 0 Å². The number of nitrogens with one attached hydrogen (secondary N) is 1. The van der Waals surface area contributed by atoms with Crippen molar-refractivity contribution >= 4 is 21.6 Å². The van der Waals surface area contributed by atoms with Crippen LogP contribution in [0.4, 0.5) is 0 Å². The number of fused-ring (bicyclic) bond motifs is 1. The van der Waals surface area contributed by atoms with Gasteiger partial charge in [-0.05, 0) is 17.9 Å². The predicted octanol–water partition coefficient (Wildman–Crippen LogP) is 3.18. The van der Waals surface area contributed by atoms with Gasteiger partial charge >= 0.3 is 0 Å². The van der Waals surface area contributed by atoms with E-state index in [9.17, 15) is 4.79 Å². The molecule has 2 heterocycles. The van der Waals surface area contributed by atoms with Gasteiger partial charge in [0.05, 0.1) is 10.2 Å². The van der Waals surface area contributed by atoms with Crippen LogP contribution in [0.1, 0.15) is 25.6 Å². The minimum Gasteiger partial charge on any atom is -0.360 e. The molecule has 0 saturated carbocycles. The average molecular weight is 221 g/mol. The molecule has 0 atom stereocenters. The van der Waals surface area contributed by atoms with E-state index >= 15 is 0 Å². The van der Waals surface area contributed by atoms with E-state index < -0.39 is 0 Å². The molecule has 3 heteroatoms. The Morgan fingerprint density at radius 3 is 2.73 bits per heavy atom. The van der Waals surface area contributed by atoms with Crippen LogP contribution >= 0.6 is 11.3 Å². The molecule has 2 aromatic rings. The van der Waals surface area contributed by atoms with E-state index in [1.807, 2.05) is 0 Å². The van der Waals surface area contributed by atoms with E-state index in [4.69, 9.17) is 0 Å². The molecular weight excluding hydrogens is 206 g/mol. The first-order chi connectivity index (χ1) is 6.96. The van der Waals surface area contributed by atoms with Crippen LogP contribution in [0.15, 0.2) is 23.1 Å². The zero-order valence-corrected chi connectivity index (χ0v) is 10.1. The van der Waals surface area contributed by atoms with Gasteiger partial charge in [0.15, 0.2) is 5.43 Å². The molecule has 0 fully saturated rings. The highest BCUT2D eigenvalue weighted by atomic mass is 32.1. The largest absolute Gasteiger partial charge is 0.360 e. The van der Waals surface area contributed by atoms with Crippen LogP contribution in [0.2, 0.25) is 0 Å². The Morgan fingerprint density at radius 2 is 2.13 bits per heavy atom. The highest BCUT2D eigenvalue weighted by Crippen LogP contribution is 2.27. The number of thiophene rings is 1. The molecule has 0 unspecified atom stereocenters. The van der Waals surface area contributed by atoms with Gasteiger partial charge in [-0.3, -0.25) is 4.79 Å². The second kappa shape index (κ2) is 3.49. The van der Waals surface area contributed by atoms with Crippen LogP contribution in [0.25, 0.3) is 10.2 Å². The standard InChI is InChI=1S/C12H15NOS/c1-12(2,3)7-8-6-9-11(15-8)10(14)4-5-13-9/h4-6H,7H2,1-3H3,(H,13,14). The fraction of sp³-hybridized carbons (Fsp3) is 0.417. The van der Waals surface area contributed by atoms with Crippen molar-refractivity contribution in [1.82, 2.24) is 4.98 Å². The van der Waals surface area contributed by atoms with Crippen molar-refractivity contribution in [1.29, 1.82) is 0 Å². The summed E-state index contributed by atoms with van der Waals surface area (Å²) in [4.78, 5) is 15.9. The third-order valence-corrected chi connectivity index (χ3v) is 3.33. The minimum absolute atomic E-state index is 0.119. The number of pyridine rings is 1. The van der Waals surface area contributed by atoms with E-state index in [2.05, 4.69) is 31.8 Å². The maximum absolute atomic E-state index is 11.5. The monoisotopic (exact) mass is 221 g/mol.